The van der Waals surface area contributed by atoms with Gasteiger partial charge in [0.25, 0.3) is 0 Å². The van der Waals surface area contributed by atoms with E-state index in [4.69, 9.17) is 14.2 Å². The Labute approximate surface area is 241 Å². The number of carbonyl (C=O) groups excluding carboxylic acids is 5. The van der Waals surface area contributed by atoms with Gasteiger partial charge in [0, 0.05) is 52.4 Å². The molecule has 0 aromatic heterocycles. The quantitative estimate of drug-likeness (QED) is 0.0987. The van der Waals surface area contributed by atoms with E-state index >= 15 is 0 Å². The largest absolute Gasteiger partial charge is 0.479 e. The van der Waals surface area contributed by atoms with E-state index in [-0.39, 0.29) is 62.2 Å². The predicted octanol–water partition coefficient (Wildman–Crippen LogP) is -0.512. The second kappa shape index (κ2) is 16.8. The van der Waals surface area contributed by atoms with Gasteiger partial charge in [-0.3, -0.25) is 24.0 Å². The topological polar surface area (TPSA) is 218 Å². The zero-order valence-electron chi connectivity index (χ0n) is 23.2. The Kier molecular flexibility index (Phi) is 13.6. The minimum Gasteiger partial charge on any atom is -0.479 e. The number of hydrogen-bond donors (Lipinski definition) is 5. The first kappa shape index (κ1) is 33.9. The molecule has 0 spiro atoms. The fourth-order valence-electron chi connectivity index (χ4n) is 3.76. The number of carboxylic acids is 1. The second-order valence-electron chi connectivity index (χ2n) is 9.35. The summed E-state index contributed by atoms with van der Waals surface area (Å²) in [7, 11) is 1.54. The van der Waals surface area contributed by atoms with Crippen molar-refractivity contribution in [1.82, 2.24) is 10.2 Å². The van der Waals surface area contributed by atoms with Crippen LogP contribution < -0.4 is 15.4 Å². The number of aliphatic hydroxyl groups is 2. The maximum Gasteiger partial charge on any atom is 0.335 e. The summed E-state index contributed by atoms with van der Waals surface area (Å²) in [4.78, 5) is 70.7. The number of carbonyl (C=O) groups is 6. The predicted molar refractivity (Wildman–Crippen MR) is 144 cm³/mol. The third-order valence-corrected chi connectivity index (χ3v) is 5.96. The monoisotopic (exact) mass is 593 g/mol. The Morgan fingerprint density at radius 3 is 2.55 bits per heavy atom. The maximum atomic E-state index is 12.7. The molecule has 1 heterocycles. The zero-order chi connectivity index (χ0) is 31.2. The SMILES string of the molecule is CC(=O)OCc1ccc(OC2CC(O)C(O)C(C(=O)O)O2)c(NC(=O)CCNC(=O)CCCN(C)C(=O)/C=C\C=O)c1. The molecule has 5 N–H and O–H groups in total. The van der Waals surface area contributed by atoms with Crippen LogP contribution >= 0.6 is 0 Å². The normalized spacial score (nSPS) is 19.9. The van der Waals surface area contributed by atoms with E-state index in [2.05, 4.69) is 10.6 Å². The van der Waals surface area contributed by atoms with Crippen molar-refractivity contribution < 1.29 is 58.3 Å². The van der Waals surface area contributed by atoms with Crippen LogP contribution in [0.25, 0.3) is 0 Å². The molecule has 0 radical (unpaired) electrons. The first-order chi connectivity index (χ1) is 19.9. The van der Waals surface area contributed by atoms with E-state index in [1.54, 1.807) is 6.07 Å². The summed E-state index contributed by atoms with van der Waals surface area (Å²) in [6.45, 7) is 1.42. The van der Waals surface area contributed by atoms with Crippen LogP contribution in [0.4, 0.5) is 5.69 Å². The van der Waals surface area contributed by atoms with Crippen LogP contribution in [0.1, 0.15) is 38.2 Å². The summed E-state index contributed by atoms with van der Waals surface area (Å²) >= 11 is 0. The number of aliphatic carboxylic acids is 1. The van der Waals surface area contributed by atoms with Gasteiger partial charge < -0.3 is 45.1 Å². The second-order valence-corrected chi connectivity index (χ2v) is 9.35. The molecule has 1 aliphatic rings. The van der Waals surface area contributed by atoms with Crippen molar-refractivity contribution in [2.45, 2.75) is 63.8 Å². The molecule has 4 unspecified atom stereocenters. The van der Waals surface area contributed by atoms with Crippen LogP contribution in [0.15, 0.2) is 30.4 Å². The number of nitrogens with zero attached hydrogens (tertiary/aromatic N) is 1. The van der Waals surface area contributed by atoms with Crippen molar-refractivity contribution in [1.29, 1.82) is 0 Å². The third-order valence-electron chi connectivity index (χ3n) is 5.96. The van der Waals surface area contributed by atoms with Crippen molar-refractivity contribution in [2.75, 3.05) is 25.5 Å². The number of hydrogen-bond acceptors (Lipinski definition) is 11. The van der Waals surface area contributed by atoms with E-state index in [1.165, 1.54) is 31.0 Å². The van der Waals surface area contributed by atoms with Crippen LogP contribution in [0.2, 0.25) is 0 Å². The van der Waals surface area contributed by atoms with Gasteiger partial charge in [-0.2, -0.15) is 0 Å². The van der Waals surface area contributed by atoms with E-state index in [0.29, 0.717) is 18.3 Å². The lowest BCUT2D eigenvalue weighted by Gasteiger charge is -2.35. The third kappa shape index (κ3) is 11.3. The van der Waals surface area contributed by atoms with Gasteiger partial charge in [0.05, 0.1) is 11.8 Å². The molecule has 3 amide bonds. The van der Waals surface area contributed by atoms with Gasteiger partial charge in [0.2, 0.25) is 24.0 Å². The average molecular weight is 594 g/mol. The highest BCUT2D eigenvalue weighted by atomic mass is 16.7. The lowest BCUT2D eigenvalue weighted by Crippen LogP contribution is -2.53. The van der Waals surface area contributed by atoms with E-state index in [1.807, 2.05) is 0 Å². The van der Waals surface area contributed by atoms with Crippen molar-refractivity contribution in [3.8, 4) is 5.75 Å². The molecule has 1 aromatic carbocycles. The smallest absolute Gasteiger partial charge is 0.335 e. The highest BCUT2D eigenvalue weighted by molar-refractivity contribution is 5.93. The minimum absolute atomic E-state index is 0.000939. The lowest BCUT2D eigenvalue weighted by molar-refractivity contribution is -0.228. The minimum atomic E-state index is -1.73. The lowest BCUT2D eigenvalue weighted by atomic mass is 10.0. The number of aldehydes is 1. The van der Waals surface area contributed by atoms with E-state index in [0.717, 1.165) is 12.2 Å². The first-order valence-corrected chi connectivity index (χ1v) is 13.0. The number of nitrogens with one attached hydrogen (secondary N) is 2. The Morgan fingerprint density at radius 1 is 1.14 bits per heavy atom. The Balaban J connectivity index is 1.96. The van der Waals surface area contributed by atoms with Gasteiger partial charge in [0.15, 0.2) is 6.10 Å². The number of allylic oxidation sites excluding steroid dienone is 1. The number of carboxylic acid groups (broad SMARTS) is 1. The number of likely N-dealkylation sites (N-methyl/N-ethyl adjacent to an activating group) is 1. The molecular formula is C27H35N3O12. The van der Waals surface area contributed by atoms with Gasteiger partial charge >= 0.3 is 11.9 Å². The molecular weight excluding hydrogens is 558 g/mol. The highest BCUT2D eigenvalue weighted by Gasteiger charge is 2.42. The maximum absolute atomic E-state index is 12.7. The average Bonchev–Trinajstić information content (AvgIpc) is 2.93. The molecule has 15 heteroatoms. The highest BCUT2D eigenvalue weighted by Crippen LogP contribution is 2.31. The number of amides is 3. The Hall–Kier alpha value is -4.34. The Morgan fingerprint density at radius 2 is 1.88 bits per heavy atom. The first-order valence-electron chi connectivity index (χ1n) is 13.0. The summed E-state index contributed by atoms with van der Waals surface area (Å²) in [5.41, 5.74) is 0.623. The van der Waals surface area contributed by atoms with Crippen molar-refractivity contribution in [3.63, 3.8) is 0 Å². The van der Waals surface area contributed by atoms with Gasteiger partial charge in [-0.1, -0.05) is 6.07 Å². The van der Waals surface area contributed by atoms with E-state index in [9.17, 15) is 44.1 Å². The zero-order valence-corrected chi connectivity index (χ0v) is 23.2. The molecule has 0 aliphatic carbocycles. The van der Waals surface area contributed by atoms with Gasteiger partial charge in [-0.15, -0.1) is 0 Å². The van der Waals surface area contributed by atoms with Crippen molar-refractivity contribution >= 4 is 41.6 Å². The van der Waals surface area contributed by atoms with Crippen LogP contribution in [0.3, 0.4) is 0 Å². The molecule has 1 aromatic rings. The fraction of sp³-hybridized carbons (Fsp3) is 0.481. The van der Waals surface area contributed by atoms with E-state index < -0.39 is 42.4 Å². The molecule has 42 heavy (non-hydrogen) atoms. The molecule has 1 aliphatic heterocycles. The molecule has 1 saturated heterocycles. The summed E-state index contributed by atoms with van der Waals surface area (Å²) in [6.07, 6.45) is -3.31. The number of rotatable bonds is 15. The number of esters is 1. The molecule has 230 valence electrons. The standard InChI is InChI=1S/C27H35N3O12/c1-16(32)40-15-17-7-8-20(41-24-14-19(33)25(37)26(42-24)27(38)39)18(13-17)29-22(35)9-10-28-21(34)5-3-11-30(2)23(36)6-4-12-31/h4,6-8,12-13,19,24-26,33,37H,3,5,9-11,14-15H2,1-2H3,(H,28,34)(H,29,35)(H,38,39)/b6-4-. The molecule has 15 nitrogen and oxygen atoms in total. The van der Waals surface area contributed by atoms with Crippen LogP contribution in [-0.4, -0.2) is 101 Å². The number of ether oxygens (including phenoxy) is 3. The van der Waals surface area contributed by atoms with Gasteiger partial charge in [0.1, 0.15) is 24.7 Å². The number of benzene rings is 1. The summed E-state index contributed by atoms with van der Waals surface area (Å²) in [5.74, 6) is -3.17. The molecule has 4 atom stereocenters. The van der Waals surface area contributed by atoms with Crippen molar-refractivity contribution in [3.05, 3.63) is 35.9 Å². The number of anilines is 1. The fourth-order valence-corrected chi connectivity index (χ4v) is 3.76. The summed E-state index contributed by atoms with van der Waals surface area (Å²) < 4.78 is 16.0. The van der Waals surface area contributed by atoms with Crippen molar-refractivity contribution in [2.24, 2.45) is 0 Å². The molecule has 2 rings (SSSR count). The van der Waals surface area contributed by atoms with Crippen LogP contribution in [0, 0.1) is 0 Å². The van der Waals surface area contributed by atoms with Gasteiger partial charge in [-0.05, 0) is 30.2 Å². The van der Waals surface area contributed by atoms with Crippen LogP contribution in [0.5, 0.6) is 5.75 Å². The molecule has 0 saturated carbocycles. The van der Waals surface area contributed by atoms with Crippen LogP contribution in [-0.2, 0) is 44.8 Å². The van der Waals surface area contributed by atoms with Gasteiger partial charge in [-0.25, -0.2) is 4.79 Å². The molecule has 1 fully saturated rings. The number of aliphatic hydroxyl groups excluding tert-OH is 2. The molecule has 0 bridgehead atoms. The Bertz CT molecular complexity index is 1170. The summed E-state index contributed by atoms with van der Waals surface area (Å²) in [5, 5.41) is 34.4. The summed E-state index contributed by atoms with van der Waals surface area (Å²) in [6, 6.07) is 4.45.